The Morgan fingerprint density at radius 2 is 1.12 bits per heavy atom. The van der Waals surface area contributed by atoms with E-state index in [0.29, 0.717) is 0 Å². The van der Waals surface area contributed by atoms with Crippen molar-refractivity contribution in [1.82, 2.24) is 0 Å². The first kappa shape index (κ1) is 17.0. The van der Waals surface area contributed by atoms with Crippen LogP contribution in [0.25, 0.3) is 0 Å². The van der Waals surface area contributed by atoms with Gasteiger partial charge in [0.15, 0.2) is 0 Å². The number of alkyl halides is 1. The molecule has 0 aliphatic heterocycles. The average Bonchev–Trinajstić information content (AvgIpc) is 2.35. The summed E-state index contributed by atoms with van der Waals surface area (Å²) >= 11 is 5.64. The molecule has 0 aromatic heterocycles. The number of halogens is 1. The zero-order chi connectivity index (χ0) is 12.6. The molecule has 0 radical (unpaired) electrons. The second kappa shape index (κ2) is 16.0. The molecule has 0 bridgehead atoms. The standard InChI is InChI=1S/C16H31Cl/c1-2-3-4-5-6-7-8-9-10-11-12-13-14-15-16-17/h5-6H,2-4,7-16H2,1H3/b6-5+. The maximum atomic E-state index is 5.64. The quantitative estimate of drug-likeness (QED) is 0.201. The molecule has 0 saturated carbocycles. The van der Waals surface area contributed by atoms with E-state index in [1.807, 2.05) is 0 Å². The van der Waals surface area contributed by atoms with Gasteiger partial charge >= 0.3 is 0 Å². The van der Waals surface area contributed by atoms with Gasteiger partial charge in [-0.2, -0.15) is 0 Å². The fourth-order valence-corrected chi connectivity index (χ4v) is 2.16. The summed E-state index contributed by atoms with van der Waals surface area (Å²) < 4.78 is 0. The van der Waals surface area contributed by atoms with Gasteiger partial charge in [-0.25, -0.2) is 0 Å². The lowest BCUT2D eigenvalue weighted by molar-refractivity contribution is 0.578. The Morgan fingerprint density at radius 1 is 0.647 bits per heavy atom. The molecule has 0 heterocycles. The molecule has 0 atom stereocenters. The predicted molar refractivity (Wildman–Crippen MR) is 80.9 cm³/mol. The Kier molecular flexibility index (Phi) is 16.1. The molecular formula is C16H31Cl. The van der Waals surface area contributed by atoms with Crippen molar-refractivity contribution in [3.8, 4) is 0 Å². The maximum absolute atomic E-state index is 5.64. The minimum absolute atomic E-state index is 0.838. The summed E-state index contributed by atoms with van der Waals surface area (Å²) in [5, 5.41) is 0. The van der Waals surface area contributed by atoms with Crippen molar-refractivity contribution in [2.45, 2.75) is 84.0 Å². The van der Waals surface area contributed by atoms with Crippen molar-refractivity contribution < 1.29 is 0 Å². The summed E-state index contributed by atoms with van der Waals surface area (Å²) in [6, 6.07) is 0. The Balaban J connectivity index is 2.96. The molecule has 1 heteroatoms. The molecule has 0 unspecified atom stereocenters. The van der Waals surface area contributed by atoms with E-state index >= 15 is 0 Å². The highest BCUT2D eigenvalue weighted by molar-refractivity contribution is 6.17. The lowest BCUT2D eigenvalue weighted by Gasteiger charge is -2.00. The van der Waals surface area contributed by atoms with E-state index in [1.54, 1.807) is 0 Å². The highest BCUT2D eigenvalue weighted by atomic mass is 35.5. The number of unbranched alkanes of at least 4 members (excludes halogenated alkanes) is 10. The summed E-state index contributed by atoms with van der Waals surface area (Å²) in [5.41, 5.74) is 0. The van der Waals surface area contributed by atoms with Crippen LogP contribution in [0.4, 0.5) is 0 Å². The summed E-state index contributed by atoms with van der Waals surface area (Å²) in [4.78, 5) is 0. The molecule has 0 aliphatic carbocycles. The summed E-state index contributed by atoms with van der Waals surface area (Å²) in [7, 11) is 0. The fraction of sp³-hybridized carbons (Fsp3) is 0.875. The van der Waals surface area contributed by atoms with Crippen LogP contribution in [0.5, 0.6) is 0 Å². The van der Waals surface area contributed by atoms with Gasteiger partial charge in [0.25, 0.3) is 0 Å². The van der Waals surface area contributed by atoms with Gasteiger partial charge in [0, 0.05) is 5.88 Å². The van der Waals surface area contributed by atoms with Gasteiger partial charge < -0.3 is 0 Å². The Bertz CT molecular complexity index is 152. The normalized spacial score (nSPS) is 11.4. The van der Waals surface area contributed by atoms with Crippen molar-refractivity contribution >= 4 is 11.6 Å². The Morgan fingerprint density at radius 3 is 1.65 bits per heavy atom. The zero-order valence-corrected chi connectivity index (χ0v) is 12.5. The first-order valence-corrected chi connectivity index (χ1v) is 8.16. The van der Waals surface area contributed by atoms with Crippen molar-refractivity contribution in [1.29, 1.82) is 0 Å². The Labute approximate surface area is 114 Å². The van der Waals surface area contributed by atoms with Crippen molar-refractivity contribution in [3.05, 3.63) is 12.2 Å². The van der Waals surface area contributed by atoms with Gasteiger partial charge in [0.2, 0.25) is 0 Å². The van der Waals surface area contributed by atoms with E-state index in [4.69, 9.17) is 11.6 Å². The summed E-state index contributed by atoms with van der Waals surface area (Å²) in [5.74, 6) is 0.838. The number of hydrogen-bond donors (Lipinski definition) is 0. The van der Waals surface area contributed by atoms with Gasteiger partial charge in [-0.15, -0.1) is 11.6 Å². The van der Waals surface area contributed by atoms with Gasteiger partial charge in [-0.1, -0.05) is 70.4 Å². The van der Waals surface area contributed by atoms with Gasteiger partial charge in [0.05, 0.1) is 0 Å². The number of allylic oxidation sites excluding steroid dienone is 2. The van der Waals surface area contributed by atoms with Crippen molar-refractivity contribution in [2.24, 2.45) is 0 Å². The van der Waals surface area contributed by atoms with Crippen LogP contribution in [0.15, 0.2) is 12.2 Å². The van der Waals surface area contributed by atoms with Crippen LogP contribution in [0.2, 0.25) is 0 Å². The van der Waals surface area contributed by atoms with Crippen molar-refractivity contribution in [3.63, 3.8) is 0 Å². The van der Waals surface area contributed by atoms with E-state index in [2.05, 4.69) is 19.1 Å². The zero-order valence-electron chi connectivity index (χ0n) is 11.7. The molecule has 0 fully saturated rings. The fourth-order valence-electron chi connectivity index (χ4n) is 1.98. The van der Waals surface area contributed by atoms with Gasteiger partial charge in [-0.05, 0) is 25.7 Å². The topological polar surface area (TPSA) is 0 Å². The van der Waals surface area contributed by atoms with E-state index in [1.165, 1.54) is 77.0 Å². The second-order valence-electron chi connectivity index (χ2n) is 4.92. The van der Waals surface area contributed by atoms with Crippen LogP contribution in [0.1, 0.15) is 84.0 Å². The highest BCUT2D eigenvalue weighted by Crippen LogP contribution is 2.10. The molecule has 0 N–H and O–H groups in total. The van der Waals surface area contributed by atoms with Crippen LogP contribution < -0.4 is 0 Å². The Hall–Kier alpha value is 0.0300. The molecule has 0 rings (SSSR count). The smallest absolute Gasteiger partial charge is 0.0223 e. The lowest BCUT2D eigenvalue weighted by atomic mass is 10.1. The van der Waals surface area contributed by atoms with Crippen LogP contribution in [0.3, 0.4) is 0 Å². The number of hydrogen-bond acceptors (Lipinski definition) is 0. The largest absolute Gasteiger partial charge is 0.127 e. The van der Waals surface area contributed by atoms with Crippen LogP contribution >= 0.6 is 11.6 Å². The van der Waals surface area contributed by atoms with Crippen molar-refractivity contribution in [2.75, 3.05) is 5.88 Å². The predicted octanol–water partition coefficient (Wildman–Crippen LogP) is 6.48. The molecule has 17 heavy (non-hydrogen) atoms. The molecule has 0 saturated heterocycles. The molecule has 0 amide bonds. The average molecular weight is 259 g/mol. The highest BCUT2D eigenvalue weighted by Gasteiger charge is 1.91. The maximum Gasteiger partial charge on any atom is 0.0223 e. The molecule has 0 nitrogen and oxygen atoms in total. The first-order valence-electron chi connectivity index (χ1n) is 7.62. The minimum atomic E-state index is 0.838. The molecule has 0 spiro atoms. The van der Waals surface area contributed by atoms with E-state index in [-0.39, 0.29) is 0 Å². The third-order valence-corrected chi connectivity index (χ3v) is 3.41. The third kappa shape index (κ3) is 16.0. The summed E-state index contributed by atoms with van der Waals surface area (Å²) in [6.07, 6.45) is 20.9. The lowest BCUT2D eigenvalue weighted by Crippen LogP contribution is -1.81. The minimum Gasteiger partial charge on any atom is -0.127 e. The van der Waals surface area contributed by atoms with Gasteiger partial charge in [0.1, 0.15) is 0 Å². The van der Waals surface area contributed by atoms with E-state index in [0.717, 1.165) is 5.88 Å². The monoisotopic (exact) mass is 258 g/mol. The van der Waals surface area contributed by atoms with E-state index < -0.39 is 0 Å². The SMILES string of the molecule is CCCC/C=C/CCCCCCCCCCCl. The van der Waals surface area contributed by atoms with Crippen LogP contribution in [-0.4, -0.2) is 5.88 Å². The first-order chi connectivity index (χ1) is 8.41. The molecular weight excluding hydrogens is 228 g/mol. The second-order valence-corrected chi connectivity index (χ2v) is 5.30. The van der Waals surface area contributed by atoms with E-state index in [9.17, 15) is 0 Å². The molecule has 0 aromatic rings. The van der Waals surface area contributed by atoms with Crippen LogP contribution in [-0.2, 0) is 0 Å². The molecule has 102 valence electrons. The third-order valence-electron chi connectivity index (χ3n) is 3.15. The molecule has 0 aliphatic rings. The molecule has 0 aromatic carbocycles. The van der Waals surface area contributed by atoms with Gasteiger partial charge in [-0.3, -0.25) is 0 Å². The number of rotatable bonds is 13. The summed E-state index contributed by atoms with van der Waals surface area (Å²) in [6.45, 7) is 2.25. The van der Waals surface area contributed by atoms with Crippen LogP contribution in [0, 0.1) is 0 Å².